The molecule has 180 valence electrons. The van der Waals surface area contributed by atoms with E-state index < -0.39 is 0 Å². The van der Waals surface area contributed by atoms with Gasteiger partial charge in [-0.2, -0.15) is 0 Å². The summed E-state index contributed by atoms with van der Waals surface area (Å²) in [6.45, 7) is 5.78. The lowest BCUT2D eigenvalue weighted by Gasteiger charge is -2.31. The van der Waals surface area contributed by atoms with Gasteiger partial charge >= 0.3 is 0 Å². The van der Waals surface area contributed by atoms with Crippen LogP contribution in [0.2, 0.25) is 0 Å². The molecular weight excluding hydrogens is 442 g/mol. The van der Waals surface area contributed by atoms with E-state index in [1.165, 1.54) is 11.8 Å². The van der Waals surface area contributed by atoms with E-state index in [-0.39, 0.29) is 17.7 Å². The quantitative estimate of drug-likeness (QED) is 0.450. The third-order valence-corrected chi connectivity index (χ3v) is 6.58. The summed E-state index contributed by atoms with van der Waals surface area (Å²) in [5, 5.41) is 2.98. The highest BCUT2D eigenvalue weighted by molar-refractivity contribution is 5.94. The minimum Gasteiger partial charge on any atom is -0.448 e. The number of imidazole rings is 1. The maximum atomic E-state index is 12.8. The Morgan fingerprint density at radius 2 is 1.89 bits per heavy atom. The molecule has 4 heterocycles. The van der Waals surface area contributed by atoms with E-state index in [4.69, 9.17) is 4.42 Å². The zero-order valence-electron chi connectivity index (χ0n) is 20.0. The summed E-state index contributed by atoms with van der Waals surface area (Å²) >= 11 is 0. The van der Waals surface area contributed by atoms with Gasteiger partial charge in [0, 0.05) is 49.7 Å². The number of hydrogen-bond acceptors (Lipinski definition) is 5. The van der Waals surface area contributed by atoms with Crippen LogP contribution < -0.4 is 5.32 Å². The molecule has 0 aliphatic carbocycles. The minimum absolute atomic E-state index is 0.0713. The van der Waals surface area contributed by atoms with Crippen molar-refractivity contribution >= 4 is 17.5 Å². The van der Waals surface area contributed by atoms with Crippen molar-refractivity contribution < 1.29 is 14.0 Å². The molecule has 0 bridgehead atoms. The van der Waals surface area contributed by atoms with Gasteiger partial charge in [-0.3, -0.25) is 9.59 Å². The van der Waals surface area contributed by atoms with Crippen molar-refractivity contribution in [2.75, 3.05) is 13.1 Å². The molecule has 0 atom stereocenters. The molecule has 0 saturated carbocycles. The number of aromatic nitrogens is 3. The molecule has 8 nitrogen and oxygen atoms in total. The summed E-state index contributed by atoms with van der Waals surface area (Å²) in [5.74, 6) is 0.929. The van der Waals surface area contributed by atoms with E-state index in [2.05, 4.69) is 15.3 Å². The molecule has 2 amide bonds. The second-order valence-corrected chi connectivity index (χ2v) is 9.32. The number of carbonyl (C=O) groups excluding carboxylic acids is 2. The number of hydrogen-bond donors (Lipinski definition) is 1. The predicted molar refractivity (Wildman–Crippen MR) is 131 cm³/mol. The van der Waals surface area contributed by atoms with Crippen LogP contribution in [0.1, 0.15) is 76.4 Å². The lowest BCUT2D eigenvalue weighted by Crippen LogP contribution is -2.38. The Morgan fingerprint density at radius 1 is 1.11 bits per heavy atom. The molecule has 1 fully saturated rings. The summed E-state index contributed by atoms with van der Waals surface area (Å²) in [4.78, 5) is 35.9. The van der Waals surface area contributed by atoms with E-state index in [9.17, 15) is 9.59 Å². The van der Waals surface area contributed by atoms with Crippen LogP contribution in [-0.2, 0) is 6.54 Å². The normalized spacial score (nSPS) is 14.5. The molecule has 1 aromatic carbocycles. The first-order valence-electron chi connectivity index (χ1n) is 12.0. The SMILES string of the molecule is CC(C)c1nc(C(=O)N2CCC(c3ccc(C(=O)NCc4ccn5ccnc5c4)cc3)CC2)co1. The van der Waals surface area contributed by atoms with Gasteiger partial charge in [0.1, 0.15) is 11.9 Å². The lowest BCUT2D eigenvalue weighted by molar-refractivity contribution is 0.0706. The van der Waals surface area contributed by atoms with Crippen molar-refractivity contribution in [2.45, 2.75) is 45.1 Å². The van der Waals surface area contributed by atoms with Gasteiger partial charge in [0.2, 0.25) is 0 Å². The molecule has 1 N–H and O–H groups in total. The number of piperidine rings is 1. The third-order valence-electron chi connectivity index (χ3n) is 6.58. The average molecular weight is 472 g/mol. The van der Waals surface area contributed by atoms with Gasteiger partial charge in [-0.25, -0.2) is 9.97 Å². The smallest absolute Gasteiger partial charge is 0.275 e. The van der Waals surface area contributed by atoms with E-state index >= 15 is 0 Å². The fourth-order valence-corrected chi connectivity index (χ4v) is 4.48. The first-order valence-corrected chi connectivity index (χ1v) is 12.0. The largest absolute Gasteiger partial charge is 0.448 e. The Kier molecular flexibility index (Phi) is 6.35. The van der Waals surface area contributed by atoms with Crippen molar-refractivity contribution in [3.8, 4) is 0 Å². The number of carbonyl (C=O) groups is 2. The zero-order chi connectivity index (χ0) is 24.4. The van der Waals surface area contributed by atoms with E-state index in [0.717, 1.165) is 24.1 Å². The molecule has 8 heteroatoms. The summed E-state index contributed by atoms with van der Waals surface area (Å²) < 4.78 is 7.35. The second-order valence-electron chi connectivity index (χ2n) is 9.32. The zero-order valence-corrected chi connectivity index (χ0v) is 20.0. The van der Waals surface area contributed by atoms with E-state index in [1.807, 2.05) is 71.9 Å². The predicted octanol–water partition coefficient (Wildman–Crippen LogP) is 4.40. The first kappa shape index (κ1) is 22.8. The molecule has 0 unspecified atom stereocenters. The van der Waals surface area contributed by atoms with Gasteiger partial charge in [0.05, 0.1) is 0 Å². The van der Waals surface area contributed by atoms with Crippen LogP contribution >= 0.6 is 0 Å². The van der Waals surface area contributed by atoms with E-state index in [1.54, 1.807) is 6.20 Å². The Labute approximate surface area is 204 Å². The van der Waals surface area contributed by atoms with Crippen LogP contribution in [0.25, 0.3) is 5.65 Å². The molecule has 0 radical (unpaired) electrons. The Morgan fingerprint density at radius 3 is 2.60 bits per heavy atom. The van der Waals surface area contributed by atoms with Crippen LogP contribution in [-0.4, -0.2) is 44.2 Å². The third kappa shape index (κ3) is 4.96. The Bertz CT molecular complexity index is 1330. The standard InChI is InChI=1S/C27H29N5O3/c1-18(2)26-30-23(17-35-26)27(34)32-12-8-21(9-13-32)20-3-5-22(6-4-20)25(33)29-16-19-7-11-31-14-10-28-24(31)15-19/h3-7,10-11,14-15,17-18,21H,8-9,12-13,16H2,1-2H3,(H,29,33). The topological polar surface area (TPSA) is 92.7 Å². The fraction of sp³-hybridized carbons (Fsp3) is 0.333. The van der Waals surface area contributed by atoms with Crippen LogP contribution in [0.3, 0.4) is 0 Å². The number of nitrogens with zero attached hydrogens (tertiary/aromatic N) is 4. The Balaban J connectivity index is 1.14. The summed E-state index contributed by atoms with van der Waals surface area (Å²) in [6.07, 6.45) is 8.79. The molecule has 1 aliphatic heterocycles. The second kappa shape index (κ2) is 9.74. The van der Waals surface area contributed by atoms with Crippen molar-refractivity contribution in [1.82, 2.24) is 24.6 Å². The number of benzene rings is 1. The van der Waals surface area contributed by atoms with Crippen molar-refractivity contribution in [3.63, 3.8) is 0 Å². The molecule has 35 heavy (non-hydrogen) atoms. The maximum Gasteiger partial charge on any atom is 0.275 e. The number of rotatable bonds is 6. The van der Waals surface area contributed by atoms with Crippen LogP contribution in [0.15, 0.2) is 65.7 Å². The van der Waals surface area contributed by atoms with Gasteiger partial charge in [-0.15, -0.1) is 0 Å². The van der Waals surface area contributed by atoms with E-state index in [0.29, 0.717) is 42.7 Å². The molecule has 4 aromatic rings. The highest BCUT2D eigenvalue weighted by Crippen LogP contribution is 2.29. The minimum atomic E-state index is -0.103. The number of amides is 2. The highest BCUT2D eigenvalue weighted by atomic mass is 16.3. The van der Waals surface area contributed by atoms with Crippen LogP contribution in [0.4, 0.5) is 0 Å². The number of oxazole rings is 1. The molecule has 3 aromatic heterocycles. The molecule has 0 spiro atoms. The molecule has 1 saturated heterocycles. The number of pyridine rings is 1. The number of nitrogens with one attached hydrogen (secondary N) is 1. The van der Waals surface area contributed by atoms with Gasteiger partial charge in [0.15, 0.2) is 11.6 Å². The number of likely N-dealkylation sites (tertiary alicyclic amines) is 1. The first-order chi connectivity index (χ1) is 17.0. The summed E-state index contributed by atoms with van der Waals surface area (Å²) in [7, 11) is 0. The highest BCUT2D eigenvalue weighted by Gasteiger charge is 2.26. The fourth-order valence-electron chi connectivity index (χ4n) is 4.48. The Hall–Kier alpha value is -3.94. The number of fused-ring (bicyclic) bond motifs is 1. The van der Waals surface area contributed by atoms with Crippen LogP contribution in [0.5, 0.6) is 0 Å². The molecule has 1 aliphatic rings. The van der Waals surface area contributed by atoms with Crippen molar-refractivity contribution in [3.05, 3.63) is 89.5 Å². The summed E-state index contributed by atoms with van der Waals surface area (Å²) in [5.41, 5.74) is 4.07. The van der Waals surface area contributed by atoms with Gasteiger partial charge in [0.25, 0.3) is 11.8 Å². The van der Waals surface area contributed by atoms with Gasteiger partial charge < -0.3 is 19.0 Å². The monoisotopic (exact) mass is 471 g/mol. The molecular formula is C27H29N5O3. The lowest BCUT2D eigenvalue weighted by atomic mass is 9.89. The average Bonchev–Trinajstić information content (AvgIpc) is 3.57. The van der Waals surface area contributed by atoms with Gasteiger partial charge in [-0.05, 0) is 54.2 Å². The van der Waals surface area contributed by atoms with Crippen molar-refractivity contribution in [1.29, 1.82) is 0 Å². The van der Waals surface area contributed by atoms with Crippen molar-refractivity contribution in [2.24, 2.45) is 0 Å². The van der Waals surface area contributed by atoms with Gasteiger partial charge in [-0.1, -0.05) is 26.0 Å². The maximum absolute atomic E-state index is 12.8. The van der Waals surface area contributed by atoms with Crippen LogP contribution in [0, 0.1) is 0 Å². The summed E-state index contributed by atoms with van der Waals surface area (Å²) in [6, 6.07) is 11.7. The molecule has 5 rings (SSSR count).